The van der Waals surface area contributed by atoms with Crippen molar-refractivity contribution < 1.29 is 45.0 Å². The van der Waals surface area contributed by atoms with Crippen molar-refractivity contribution >= 4 is 29.2 Å². The predicted molar refractivity (Wildman–Crippen MR) is 247 cm³/mol. The van der Waals surface area contributed by atoms with Crippen molar-refractivity contribution in [1.29, 1.82) is 0 Å². The van der Waals surface area contributed by atoms with Gasteiger partial charge in [0.15, 0.2) is 0 Å². The van der Waals surface area contributed by atoms with E-state index < -0.39 is 36.2 Å². The van der Waals surface area contributed by atoms with Crippen LogP contribution in [0, 0.1) is 30.1 Å². The molecule has 334 valence electrons. The maximum atomic E-state index is 11.1. The maximum Gasteiger partial charge on any atom is 0.335 e. The molecule has 0 spiro atoms. The van der Waals surface area contributed by atoms with Gasteiger partial charge in [-0.15, -0.1) is 11.3 Å². The van der Waals surface area contributed by atoms with Gasteiger partial charge in [-0.05, 0) is 129 Å². The number of rotatable bonds is 9. The maximum absolute atomic E-state index is 11.1. The lowest BCUT2D eigenvalue weighted by atomic mass is 9.61. The molecule has 7 atom stereocenters. The van der Waals surface area contributed by atoms with Gasteiger partial charge in [0.05, 0.1) is 40.4 Å². The number of aliphatic hydroxyl groups is 3. The number of aliphatic hydroxyl groups excluding tert-OH is 3. The number of aryl methyl sites for hydroxylation is 1. The van der Waals surface area contributed by atoms with Gasteiger partial charge in [-0.25, -0.2) is 19.4 Å². The molecule has 10 nitrogen and oxygen atoms in total. The third-order valence-corrected chi connectivity index (χ3v) is 14.2. The molecule has 0 unspecified atom stereocenters. The first-order valence-electron chi connectivity index (χ1n) is 21.6. The van der Waals surface area contributed by atoms with E-state index in [4.69, 9.17) is 15.3 Å². The molecule has 4 aliphatic carbocycles. The normalized spacial score (nSPS) is 25.5. The summed E-state index contributed by atoms with van der Waals surface area (Å²) in [6.07, 6.45) is 16.2. The van der Waals surface area contributed by atoms with Crippen LogP contribution in [-0.4, -0.2) is 71.8 Å². The lowest BCUT2D eigenvalue weighted by Crippen LogP contribution is -2.35. The van der Waals surface area contributed by atoms with Crippen molar-refractivity contribution in [2.45, 2.75) is 102 Å². The number of benzene rings is 3. The monoisotopic (exact) mass is 875 g/mol. The van der Waals surface area contributed by atoms with E-state index in [0.29, 0.717) is 47.3 Å². The Labute approximate surface area is 374 Å². The van der Waals surface area contributed by atoms with Gasteiger partial charge in [-0.3, -0.25) is 0 Å². The molecule has 0 amide bonds. The van der Waals surface area contributed by atoms with E-state index in [1.165, 1.54) is 31.3 Å². The first-order valence-corrected chi connectivity index (χ1v) is 22.5. The van der Waals surface area contributed by atoms with Crippen LogP contribution in [0.15, 0.2) is 144 Å². The predicted octanol–water partition coefficient (Wildman–Crippen LogP) is 10.3. The van der Waals surface area contributed by atoms with E-state index in [2.05, 4.69) is 55.1 Å². The highest BCUT2D eigenvalue weighted by Gasteiger charge is 2.53. The summed E-state index contributed by atoms with van der Waals surface area (Å²) >= 11 is 1.69. The summed E-state index contributed by atoms with van der Waals surface area (Å²) in [5.41, 5.74) is 5.43. The molecule has 4 fully saturated rings. The topological polar surface area (TPSA) is 185 Å². The van der Waals surface area contributed by atoms with Crippen molar-refractivity contribution in [3.8, 4) is 0 Å². The minimum atomic E-state index is -0.879. The van der Waals surface area contributed by atoms with Crippen molar-refractivity contribution in [3.05, 3.63) is 171 Å². The van der Waals surface area contributed by atoms with Gasteiger partial charge in [0.1, 0.15) is 5.01 Å². The molecule has 0 radical (unpaired) electrons. The van der Waals surface area contributed by atoms with E-state index in [0.717, 1.165) is 41.1 Å². The zero-order chi connectivity index (χ0) is 45.7. The molecule has 1 aromatic heterocycles. The van der Waals surface area contributed by atoms with Crippen LogP contribution in [-0.2, 0) is 5.41 Å². The third-order valence-electron chi connectivity index (χ3n) is 13.0. The Balaban J connectivity index is 0.000000221. The summed E-state index contributed by atoms with van der Waals surface area (Å²) in [5, 5.41) is 59.8. The van der Waals surface area contributed by atoms with Crippen molar-refractivity contribution in [2.24, 2.45) is 23.2 Å². The second-order valence-corrected chi connectivity index (χ2v) is 18.2. The lowest BCUT2D eigenvalue weighted by Gasteiger charge is -2.44. The molecule has 6 N–H and O–H groups in total. The molecule has 11 heteroatoms. The highest BCUT2D eigenvalue weighted by Crippen LogP contribution is 2.60. The molecule has 0 bridgehead atoms. The fraction of sp³-hybridized carbons (Fsp3) is 0.385. The molecule has 4 saturated carbocycles. The summed E-state index contributed by atoms with van der Waals surface area (Å²) in [5.74, 6) is -1.03. The Kier molecular flexibility index (Phi) is 17.2. The van der Waals surface area contributed by atoms with Gasteiger partial charge in [0.2, 0.25) is 0 Å². The van der Waals surface area contributed by atoms with Crippen LogP contribution in [0.4, 0.5) is 0 Å². The summed E-state index contributed by atoms with van der Waals surface area (Å²) in [7, 11) is 0. The largest absolute Gasteiger partial charge is 0.478 e. The van der Waals surface area contributed by atoms with Crippen LogP contribution < -0.4 is 0 Å². The molecule has 63 heavy (non-hydrogen) atoms. The van der Waals surface area contributed by atoms with Gasteiger partial charge < -0.3 is 30.6 Å². The Morgan fingerprint density at radius 2 is 1.32 bits per heavy atom. The third kappa shape index (κ3) is 12.8. The van der Waals surface area contributed by atoms with E-state index in [9.17, 15) is 29.7 Å². The van der Waals surface area contributed by atoms with Crippen LogP contribution in [0.25, 0.3) is 0 Å². The molecule has 0 aliphatic heterocycles. The number of thiazole rings is 1. The second kappa shape index (κ2) is 22.2. The number of carboxylic acid groups (broad SMARTS) is 3. The smallest absolute Gasteiger partial charge is 0.335 e. The van der Waals surface area contributed by atoms with E-state index in [1.54, 1.807) is 102 Å². The second-order valence-electron chi connectivity index (χ2n) is 17.3. The zero-order valence-corrected chi connectivity index (χ0v) is 37.2. The van der Waals surface area contributed by atoms with Gasteiger partial charge in [-0.2, -0.15) is 0 Å². The van der Waals surface area contributed by atoms with Gasteiger partial charge >= 0.3 is 17.9 Å². The Bertz CT molecular complexity index is 2130. The first-order chi connectivity index (χ1) is 30.1. The average Bonchev–Trinajstić information content (AvgIpc) is 3.85. The van der Waals surface area contributed by atoms with E-state index in [-0.39, 0.29) is 10.8 Å². The van der Waals surface area contributed by atoms with Gasteiger partial charge in [-0.1, -0.05) is 105 Å². The van der Waals surface area contributed by atoms with Crippen molar-refractivity contribution in [3.63, 3.8) is 0 Å². The van der Waals surface area contributed by atoms with Gasteiger partial charge in [0.25, 0.3) is 0 Å². The molecule has 8 rings (SSSR count). The number of carboxylic acids is 3. The van der Waals surface area contributed by atoms with Crippen LogP contribution >= 0.6 is 11.3 Å². The Morgan fingerprint density at radius 1 is 0.794 bits per heavy atom. The highest BCUT2D eigenvalue weighted by molar-refractivity contribution is 7.09. The summed E-state index contributed by atoms with van der Waals surface area (Å²) in [6.45, 7) is 10.9. The van der Waals surface area contributed by atoms with Crippen LogP contribution in [0.3, 0.4) is 0 Å². The van der Waals surface area contributed by atoms with Crippen molar-refractivity contribution in [2.75, 3.05) is 0 Å². The van der Waals surface area contributed by atoms with Crippen LogP contribution in [0.2, 0.25) is 0 Å². The number of fused-ring (bicyclic) bond motifs is 1. The van der Waals surface area contributed by atoms with E-state index in [1.807, 2.05) is 6.92 Å². The number of allylic oxidation sites excluding steroid dienone is 4. The number of aromatic carboxylic acids is 3. The number of nitrogens with zero attached hydrogens (tertiary/aromatic N) is 1. The minimum Gasteiger partial charge on any atom is -0.478 e. The minimum absolute atomic E-state index is 0.157. The Hall–Kier alpha value is -5.46. The number of carbonyl (C=O) groups is 3. The molecular weight excluding hydrogens is 815 g/mol. The van der Waals surface area contributed by atoms with Crippen LogP contribution in [0.5, 0.6) is 0 Å². The van der Waals surface area contributed by atoms with Crippen LogP contribution in [0.1, 0.15) is 113 Å². The fourth-order valence-corrected chi connectivity index (χ4v) is 10.4. The quantitative estimate of drug-likeness (QED) is 0.0884. The highest BCUT2D eigenvalue weighted by atomic mass is 32.1. The SMILES string of the molecule is C=C1/C(=C\C=C2/CCC[C@]3(C)[C@@H]([C@H](C)/C=C/[C@@H](O)C4(c5nc(C)cs5)CC4)CC[C@@H]23)C[C@@H](O)C[C@@H]1O.O=C(O)c1ccccc1.O=C(O)c1ccccc1.O=C(O)c1ccccc1. The molecule has 4 aromatic rings. The molecule has 3 aromatic carbocycles. The zero-order valence-electron chi connectivity index (χ0n) is 36.3. The number of aromatic nitrogens is 1. The van der Waals surface area contributed by atoms with E-state index >= 15 is 0 Å². The number of hydrogen-bond donors (Lipinski definition) is 6. The summed E-state index contributed by atoms with van der Waals surface area (Å²) < 4.78 is 0. The summed E-state index contributed by atoms with van der Waals surface area (Å²) in [4.78, 5) is 35.3. The molecule has 0 saturated heterocycles. The lowest BCUT2D eigenvalue weighted by molar-refractivity contribution is 0.0686. The standard InChI is InChI=1S/C31H43NO3S.3C7H6O2/c1-19(7-12-28(35)31(14-15-31)29-32-20(2)18-36-29)25-10-11-26-22(6-5-13-30(25,26)4)8-9-23-16-24(33)17-27(34)21(23)3;3*8-7(9)6-4-2-1-3-5-6/h7-9,12,18-19,24-28,33-35H,3,5-6,10-11,13-17H2,1-2,4H3;3*1-5H,(H,8,9)/b12-7+,22-8+,23-9-;;;/t19-,24-,25-,26+,27+,28-,30-;;;/m1.../s1. The van der Waals surface area contributed by atoms with Crippen molar-refractivity contribution in [1.82, 2.24) is 4.98 Å². The molecular formula is C52H61NO9S. The van der Waals surface area contributed by atoms with Gasteiger partial charge in [0, 0.05) is 17.5 Å². The number of hydrogen-bond acceptors (Lipinski definition) is 8. The molecule has 1 heterocycles. The Morgan fingerprint density at radius 3 is 1.76 bits per heavy atom. The fourth-order valence-electron chi connectivity index (χ4n) is 9.30. The first kappa shape index (κ1) is 48.6. The average molecular weight is 876 g/mol. The summed E-state index contributed by atoms with van der Waals surface area (Å²) in [6, 6.07) is 24.9. The molecule has 4 aliphatic rings.